The number of hydrogen-bond acceptors (Lipinski definition) is 15. The number of ether oxygens (including phenoxy) is 2. The Hall–Kier alpha value is -6.38. The number of carbonyl (C=O) groups is 3. The molecule has 3 aromatic heterocycles. The van der Waals surface area contributed by atoms with Gasteiger partial charge in [-0.15, -0.1) is 11.3 Å². The molecule has 5 unspecified atom stereocenters. The minimum absolute atomic E-state index is 0.0160. The third-order valence-corrected chi connectivity index (χ3v) is 17.1. The average Bonchev–Trinajstić information content (AvgIpc) is 4.28. The van der Waals surface area contributed by atoms with E-state index < -0.39 is 41.2 Å². The number of carbonyl (C=O) groups excluding carboxylic acids is 3. The van der Waals surface area contributed by atoms with Gasteiger partial charge in [-0.2, -0.15) is 9.97 Å². The summed E-state index contributed by atoms with van der Waals surface area (Å²) in [6, 6.07) is 15.6. The van der Waals surface area contributed by atoms with Crippen molar-refractivity contribution >= 4 is 56.6 Å². The first-order valence-corrected chi connectivity index (χ1v) is 28.5. The minimum Gasteiger partial charge on any atom is -0.508 e. The van der Waals surface area contributed by atoms with Crippen molar-refractivity contribution in [3.63, 3.8) is 0 Å². The van der Waals surface area contributed by atoms with Crippen LogP contribution >= 0.6 is 11.3 Å². The Bertz CT molecular complexity index is 3130. The van der Waals surface area contributed by atoms with Crippen molar-refractivity contribution in [2.75, 3.05) is 64.0 Å². The zero-order valence-electron chi connectivity index (χ0n) is 45.6. The number of benzene rings is 3. The SMILES string of the molecule is CCc1cccc2cc(O)cc(-c3ncc4c(N5CC6CCC(C5)N6)nc(OCCN5CCC(CCOCC(=O)NC(C(=O)N6CC(O)CC6C(=O)N[C@@H](C)c6ccc(-c7scnc7C)cc6)C(C)(C)C)CC5)nc4c3F)c12. The third kappa shape index (κ3) is 12.1. The van der Waals surface area contributed by atoms with Crippen molar-refractivity contribution in [1.29, 1.82) is 0 Å². The molecule has 78 heavy (non-hydrogen) atoms. The van der Waals surface area contributed by atoms with E-state index in [-0.39, 0.29) is 54.5 Å². The number of piperidine rings is 1. The van der Waals surface area contributed by atoms with E-state index in [4.69, 9.17) is 24.4 Å². The van der Waals surface area contributed by atoms with E-state index in [2.05, 4.69) is 37.7 Å². The van der Waals surface area contributed by atoms with Gasteiger partial charge in [0, 0.05) is 63.1 Å². The number of aryl methyl sites for hydroxylation is 2. The summed E-state index contributed by atoms with van der Waals surface area (Å²) in [6.45, 7) is 15.7. The van der Waals surface area contributed by atoms with Crippen molar-refractivity contribution in [2.45, 2.75) is 123 Å². The number of rotatable bonds is 18. The molecule has 4 fully saturated rings. The number of anilines is 1. The van der Waals surface area contributed by atoms with E-state index in [0.29, 0.717) is 54.5 Å². The average molecular weight is 1090 g/mol. The predicted octanol–water partition coefficient (Wildman–Crippen LogP) is 7.49. The number of amides is 3. The summed E-state index contributed by atoms with van der Waals surface area (Å²) >= 11 is 1.58. The molecule has 10 rings (SSSR count). The number of aromatic hydroxyl groups is 1. The highest BCUT2D eigenvalue weighted by Crippen LogP contribution is 2.39. The standard InChI is InChI=1S/C59H73FN10O7S/c1-7-37-9-8-10-40-25-43(71)26-45(49(37)40)51-50(60)52-46(28-61-51)55(69-29-41-15-16-42(30-69)64-41)67-58(66-52)77-24-22-68-20-17-36(18-21-68)19-23-76-32-48(73)65-54(59(4,5)6)57(75)70-31-44(72)27-47(70)56(74)63-34(2)38-11-13-39(14-12-38)53-35(3)62-33-78-53/h8-14,25-26,28,33-34,36,41-42,44,47,54,64,71-72H,7,15-24,27,29-32H2,1-6H3,(H,63,74)(H,65,73)/t34-,41?,42?,44?,47?,54?/m0/s1. The number of hydrogen-bond donors (Lipinski definition) is 5. The fourth-order valence-electron chi connectivity index (χ4n) is 11.9. The second kappa shape index (κ2) is 23.5. The van der Waals surface area contributed by atoms with Crippen LogP contribution in [0.2, 0.25) is 0 Å². The van der Waals surface area contributed by atoms with Gasteiger partial charge >= 0.3 is 6.01 Å². The highest BCUT2D eigenvalue weighted by atomic mass is 32.1. The summed E-state index contributed by atoms with van der Waals surface area (Å²) in [5, 5.41) is 33.3. The number of nitrogens with one attached hydrogen (secondary N) is 3. The third-order valence-electron chi connectivity index (χ3n) is 16.2. The van der Waals surface area contributed by atoms with Crippen LogP contribution in [-0.2, 0) is 25.5 Å². The second-order valence-electron chi connectivity index (χ2n) is 22.8. The van der Waals surface area contributed by atoms with E-state index in [0.717, 1.165) is 103 Å². The first-order chi connectivity index (χ1) is 37.5. The van der Waals surface area contributed by atoms with Crippen molar-refractivity contribution in [1.82, 2.24) is 45.7 Å². The molecule has 2 bridgehead atoms. The van der Waals surface area contributed by atoms with Crippen LogP contribution in [0.1, 0.15) is 96.0 Å². The highest BCUT2D eigenvalue weighted by molar-refractivity contribution is 7.13. The number of likely N-dealkylation sites (tertiary alicyclic amines) is 2. The van der Waals surface area contributed by atoms with Crippen LogP contribution in [0, 0.1) is 24.1 Å². The number of aliphatic hydroxyl groups is 1. The fraction of sp³-hybridized carbons (Fsp3) is 0.508. The maximum Gasteiger partial charge on any atom is 0.319 e. The molecule has 414 valence electrons. The molecule has 0 saturated carbocycles. The van der Waals surface area contributed by atoms with E-state index >= 15 is 4.39 Å². The van der Waals surface area contributed by atoms with E-state index in [1.807, 2.05) is 82.6 Å². The van der Waals surface area contributed by atoms with Gasteiger partial charge in [0.15, 0.2) is 5.82 Å². The summed E-state index contributed by atoms with van der Waals surface area (Å²) in [5.74, 6) is -0.773. The zero-order valence-corrected chi connectivity index (χ0v) is 46.4. The Kier molecular flexibility index (Phi) is 16.6. The topological polar surface area (TPSA) is 208 Å². The molecule has 4 saturated heterocycles. The fourth-order valence-corrected chi connectivity index (χ4v) is 12.7. The lowest BCUT2D eigenvalue weighted by molar-refractivity contribution is -0.144. The summed E-state index contributed by atoms with van der Waals surface area (Å²) in [6.07, 6.45) is 6.40. The summed E-state index contributed by atoms with van der Waals surface area (Å²) in [4.78, 5) is 67.0. The molecular formula is C59H73FN10O7S. The van der Waals surface area contributed by atoms with E-state index in [1.54, 1.807) is 29.7 Å². The normalized spacial score (nSPS) is 20.8. The Balaban J connectivity index is 0.704. The summed E-state index contributed by atoms with van der Waals surface area (Å²) < 4.78 is 29.3. The molecule has 17 nitrogen and oxygen atoms in total. The first-order valence-electron chi connectivity index (χ1n) is 27.6. The zero-order chi connectivity index (χ0) is 54.8. The molecule has 3 amide bonds. The predicted molar refractivity (Wildman–Crippen MR) is 300 cm³/mol. The molecule has 7 heterocycles. The van der Waals surface area contributed by atoms with Crippen LogP contribution in [0.3, 0.4) is 0 Å². The molecular weight excluding hydrogens is 1010 g/mol. The second-order valence-corrected chi connectivity index (χ2v) is 23.6. The Labute approximate surface area is 459 Å². The van der Waals surface area contributed by atoms with Crippen molar-refractivity contribution in [2.24, 2.45) is 11.3 Å². The smallest absolute Gasteiger partial charge is 0.319 e. The molecule has 4 aliphatic rings. The number of β-amino-alcohol motifs (C(OH)–C–C–N with tert-alkyl or cyclic N) is 1. The molecule has 6 atom stereocenters. The van der Waals surface area contributed by atoms with Gasteiger partial charge in [-0.05, 0) is 116 Å². The van der Waals surface area contributed by atoms with E-state index in [1.165, 1.54) is 4.90 Å². The quantitative estimate of drug-likeness (QED) is 0.0529. The largest absolute Gasteiger partial charge is 0.508 e. The molecule has 0 radical (unpaired) electrons. The monoisotopic (exact) mass is 1080 g/mol. The molecule has 3 aromatic carbocycles. The van der Waals surface area contributed by atoms with Gasteiger partial charge in [0.2, 0.25) is 17.7 Å². The van der Waals surface area contributed by atoms with Crippen LogP contribution in [0.4, 0.5) is 10.2 Å². The number of phenols is 1. The van der Waals surface area contributed by atoms with Gasteiger partial charge in [-0.3, -0.25) is 24.3 Å². The molecule has 19 heteroatoms. The number of pyridine rings is 1. The number of aromatic nitrogens is 4. The van der Waals surface area contributed by atoms with Crippen LogP contribution in [0.5, 0.6) is 11.8 Å². The number of thiazole rings is 1. The lowest BCUT2D eigenvalue weighted by atomic mass is 9.85. The molecule has 5 N–H and O–H groups in total. The Morgan fingerprint density at radius 1 is 0.962 bits per heavy atom. The number of phenolic OH excluding ortho intramolecular Hbond substituents is 1. The van der Waals surface area contributed by atoms with Crippen LogP contribution in [0.15, 0.2) is 66.3 Å². The highest BCUT2D eigenvalue weighted by Gasteiger charge is 2.45. The molecule has 6 aromatic rings. The summed E-state index contributed by atoms with van der Waals surface area (Å²) in [5.41, 5.74) is 5.81. The van der Waals surface area contributed by atoms with E-state index in [9.17, 15) is 24.6 Å². The van der Waals surface area contributed by atoms with Crippen molar-refractivity contribution in [3.05, 3.63) is 88.9 Å². The number of aliphatic hydroxyl groups excluding tert-OH is 1. The molecule has 0 aliphatic carbocycles. The maximum absolute atomic E-state index is 17.1. The minimum atomic E-state index is -0.961. The van der Waals surface area contributed by atoms with Gasteiger partial charge < -0.3 is 45.4 Å². The van der Waals surface area contributed by atoms with Gasteiger partial charge in [-0.1, -0.05) is 70.2 Å². The Morgan fingerprint density at radius 3 is 2.42 bits per heavy atom. The first kappa shape index (κ1) is 55.0. The Morgan fingerprint density at radius 2 is 1.72 bits per heavy atom. The van der Waals surface area contributed by atoms with Crippen molar-refractivity contribution in [3.8, 4) is 33.5 Å². The number of piperazine rings is 1. The van der Waals surface area contributed by atoms with Gasteiger partial charge in [-0.25, -0.2) is 9.37 Å². The van der Waals surface area contributed by atoms with Crippen LogP contribution in [0.25, 0.3) is 43.4 Å². The number of fused-ring (bicyclic) bond motifs is 4. The lowest BCUT2D eigenvalue weighted by Crippen LogP contribution is -2.58. The van der Waals surface area contributed by atoms with Crippen molar-refractivity contribution < 1.29 is 38.5 Å². The number of halogens is 1. The molecule has 0 spiro atoms. The van der Waals surface area contributed by atoms with Gasteiger partial charge in [0.05, 0.1) is 33.6 Å². The van der Waals surface area contributed by atoms with Gasteiger partial charge in [0.25, 0.3) is 0 Å². The summed E-state index contributed by atoms with van der Waals surface area (Å²) in [7, 11) is 0. The number of nitrogens with zero attached hydrogens (tertiary/aromatic N) is 7. The lowest BCUT2D eigenvalue weighted by Gasteiger charge is -2.35. The van der Waals surface area contributed by atoms with Crippen LogP contribution < -0.4 is 25.6 Å². The maximum atomic E-state index is 17.1. The molecule has 4 aliphatic heterocycles. The van der Waals surface area contributed by atoms with Crippen LogP contribution in [-0.4, -0.2) is 147 Å². The van der Waals surface area contributed by atoms with Gasteiger partial charge in [0.1, 0.15) is 48.1 Å².